The zero-order valence-corrected chi connectivity index (χ0v) is 16.4. The number of likely N-dealkylation sites (tertiary alicyclic amines) is 1. The lowest BCUT2D eigenvalue weighted by Gasteiger charge is -2.43. The van der Waals surface area contributed by atoms with Crippen molar-refractivity contribution < 1.29 is 9.53 Å². The number of rotatable bonds is 2. The fourth-order valence-corrected chi connectivity index (χ4v) is 6.65. The quantitative estimate of drug-likeness (QED) is 0.621. The van der Waals surface area contributed by atoms with Crippen LogP contribution in [-0.2, 0) is 4.74 Å². The summed E-state index contributed by atoms with van der Waals surface area (Å²) in [6.07, 6.45) is 16.3. The number of hydrogen-bond acceptors (Lipinski definition) is 2. The van der Waals surface area contributed by atoms with Gasteiger partial charge in [-0.1, -0.05) is 58.8 Å². The molecule has 1 aliphatic heterocycles. The van der Waals surface area contributed by atoms with Gasteiger partial charge in [-0.05, 0) is 56.3 Å². The molecule has 0 bridgehead atoms. The molecule has 0 aromatic carbocycles. The molecule has 4 aliphatic rings. The van der Waals surface area contributed by atoms with Gasteiger partial charge >= 0.3 is 6.09 Å². The number of hydrogen-bond donors (Lipinski definition) is 0. The molecule has 0 radical (unpaired) electrons. The van der Waals surface area contributed by atoms with Gasteiger partial charge < -0.3 is 9.64 Å². The van der Waals surface area contributed by atoms with Gasteiger partial charge in [0.25, 0.3) is 0 Å². The fraction of sp³-hybridized carbons (Fsp3) is 0.955. The molecule has 1 heterocycles. The maximum atomic E-state index is 13.3. The highest BCUT2D eigenvalue weighted by Crippen LogP contribution is 2.52. The zero-order valence-electron chi connectivity index (χ0n) is 16.4. The first kappa shape index (κ1) is 17.7. The van der Waals surface area contributed by atoms with E-state index in [2.05, 4.69) is 18.7 Å². The maximum Gasteiger partial charge on any atom is 0.410 e. The van der Waals surface area contributed by atoms with Crippen LogP contribution in [0.3, 0.4) is 0 Å². The van der Waals surface area contributed by atoms with Gasteiger partial charge in [0.2, 0.25) is 0 Å². The van der Waals surface area contributed by atoms with Gasteiger partial charge in [-0.15, -0.1) is 0 Å². The van der Waals surface area contributed by atoms with Gasteiger partial charge in [-0.3, -0.25) is 0 Å². The summed E-state index contributed by atoms with van der Waals surface area (Å²) >= 11 is 0. The lowest BCUT2D eigenvalue weighted by atomic mass is 9.80. The first-order chi connectivity index (χ1) is 12.0. The molecule has 0 aromatic rings. The number of ether oxygens (including phenoxy) is 1. The number of carbonyl (C=O) groups excluding carboxylic acids is 1. The van der Waals surface area contributed by atoms with Crippen LogP contribution in [0.4, 0.5) is 4.79 Å². The van der Waals surface area contributed by atoms with Crippen molar-refractivity contribution in [1.82, 2.24) is 4.90 Å². The zero-order chi connectivity index (χ0) is 17.5. The van der Waals surface area contributed by atoms with Crippen LogP contribution in [0.5, 0.6) is 0 Å². The second-order valence-electron chi connectivity index (χ2n) is 9.84. The van der Waals surface area contributed by atoms with Crippen LogP contribution in [0.2, 0.25) is 0 Å². The van der Waals surface area contributed by atoms with E-state index in [1.807, 2.05) is 0 Å². The molecule has 1 spiro atoms. The molecular formula is C22H37NO2. The molecule has 1 saturated heterocycles. The molecule has 4 fully saturated rings. The molecule has 3 nitrogen and oxygen atoms in total. The van der Waals surface area contributed by atoms with E-state index in [1.165, 1.54) is 64.2 Å². The van der Waals surface area contributed by atoms with E-state index in [1.54, 1.807) is 0 Å². The summed E-state index contributed by atoms with van der Waals surface area (Å²) in [5, 5.41) is 0. The molecule has 3 aliphatic carbocycles. The molecule has 2 atom stereocenters. The highest BCUT2D eigenvalue weighted by Gasteiger charge is 2.52. The molecule has 4 rings (SSSR count). The normalized spacial score (nSPS) is 37.5. The van der Waals surface area contributed by atoms with Crippen molar-refractivity contribution in [2.24, 2.45) is 17.8 Å². The van der Waals surface area contributed by atoms with Crippen LogP contribution in [0, 0.1) is 17.8 Å². The second kappa shape index (κ2) is 6.78. The summed E-state index contributed by atoms with van der Waals surface area (Å²) < 4.78 is 6.45. The summed E-state index contributed by atoms with van der Waals surface area (Å²) in [5.41, 5.74) is -0.0614. The third kappa shape index (κ3) is 3.10. The third-order valence-corrected chi connectivity index (χ3v) is 8.23. The number of amides is 1. The van der Waals surface area contributed by atoms with E-state index in [0.717, 1.165) is 37.6 Å². The Labute approximate surface area is 153 Å². The minimum absolute atomic E-state index is 0.0201. The lowest BCUT2D eigenvalue weighted by Crippen LogP contribution is -2.51. The van der Waals surface area contributed by atoms with Gasteiger partial charge in [0, 0.05) is 12.1 Å². The van der Waals surface area contributed by atoms with Crippen molar-refractivity contribution in [2.75, 3.05) is 6.54 Å². The molecule has 1 amide bonds. The first-order valence-electron chi connectivity index (χ1n) is 11.1. The van der Waals surface area contributed by atoms with E-state index < -0.39 is 0 Å². The number of fused-ring (bicyclic) bond motifs is 1. The average Bonchev–Trinajstić information content (AvgIpc) is 3.17. The minimum Gasteiger partial charge on any atom is -0.442 e. The van der Waals surface area contributed by atoms with Crippen molar-refractivity contribution in [2.45, 2.75) is 108 Å². The lowest BCUT2D eigenvalue weighted by molar-refractivity contribution is -0.0521. The smallest absolute Gasteiger partial charge is 0.410 e. The van der Waals surface area contributed by atoms with Crippen molar-refractivity contribution >= 4 is 6.09 Å². The number of nitrogens with zero attached hydrogens (tertiary/aromatic N) is 1. The van der Waals surface area contributed by atoms with Crippen LogP contribution >= 0.6 is 0 Å². The van der Waals surface area contributed by atoms with E-state index in [0.29, 0.717) is 5.92 Å². The van der Waals surface area contributed by atoms with Crippen molar-refractivity contribution in [1.29, 1.82) is 0 Å². The van der Waals surface area contributed by atoms with Crippen molar-refractivity contribution in [3.63, 3.8) is 0 Å². The van der Waals surface area contributed by atoms with Crippen molar-refractivity contribution in [3.8, 4) is 0 Å². The van der Waals surface area contributed by atoms with E-state index in [-0.39, 0.29) is 17.2 Å². The highest BCUT2D eigenvalue weighted by atomic mass is 16.6. The van der Waals surface area contributed by atoms with Gasteiger partial charge in [0.15, 0.2) is 0 Å². The minimum atomic E-state index is -0.199. The number of carbonyl (C=O) groups is 1. The second-order valence-corrected chi connectivity index (χ2v) is 9.84. The molecule has 0 N–H and O–H groups in total. The first-order valence-corrected chi connectivity index (χ1v) is 11.1. The SMILES string of the molecule is CC(C)C1(OC(=O)N2CCCC23CCCCC3)CC2CCCCC2C1. The van der Waals surface area contributed by atoms with E-state index in [4.69, 9.17) is 4.74 Å². The summed E-state index contributed by atoms with van der Waals surface area (Å²) in [6.45, 7) is 5.45. The molecule has 0 aromatic heterocycles. The Hall–Kier alpha value is -0.730. The standard InChI is InChI=1S/C22H37NO2/c1-17(2)22(15-18-9-4-5-10-19(18)16-22)25-20(24)23-14-8-13-21(23)11-6-3-7-12-21/h17-19H,3-16H2,1-2H3. The molecular weight excluding hydrogens is 310 g/mol. The van der Waals surface area contributed by atoms with Gasteiger partial charge in [0.1, 0.15) is 5.60 Å². The predicted octanol–water partition coefficient (Wildman–Crippen LogP) is 5.92. The summed E-state index contributed by atoms with van der Waals surface area (Å²) in [5.74, 6) is 2.02. The van der Waals surface area contributed by atoms with E-state index in [9.17, 15) is 4.79 Å². The van der Waals surface area contributed by atoms with Crippen molar-refractivity contribution in [3.05, 3.63) is 0 Å². The van der Waals surface area contributed by atoms with E-state index >= 15 is 0 Å². The Kier molecular flexibility index (Phi) is 4.79. The van der Waals surface area contributed by atoms with Gasteiger partial charge in [-0.2, -0.15) is 0 Å². The van der Waals surface area contributed by atoms with Crippen LogP contribution in [0.25, 0.3) is 0 Å². The highest BCUT2D eigenvalue weighted by molar-refractivity contribution is 5.70. The third-order valence-electron chi connectivity index (χ3n) is 8.23. The Morgan fingerprint density at radius 2 is 1.52 bits per heavy atom. The molecule has 3 heteroatoms. The van der Waals surface area contributed by atoms with Crippen LogP contribution in [0.1, 0.15) is 97.3 Å². The van der Waals surface area contributed by atoms with Gasteiger partial charge in [0.05, 0.1) is 0 Å². The summed E-state index contributed by atoms with van der Waals surface area (Å²) in [7, 11) is 0. The molecule has 25 heavy (non-hydrogen) atoms. The topological polar surface area (TPSA) is 29.5 Å². The Balaban J connectivity index is 1.50. The van der Waals surface area contributed by atoms with Crippen LogP contribution in [-0.4, -0.2) is 28.7 Å². The summed E-state index contributed by atoms with van der Waals surface area (Å²) in [6, 6.07) is 0. The maximum absolute atomic E-state index is 13.3. The monoisotopic (exact) mass is 347 g/mol. The molecule has 3 saturated carbocycles. The molecule has 142 valence electrons. The fourth-order valence-electron chi connectivity index (χ4n) is 6.65. The van der Waals surface area contributed by atoms with Crippen LogP contribution in [0.15, 0.2) is 0 Å². The largest absolute Gasteiger partial charge is 0.442 e. The average molecular weight is 348 g/mol. The van der Waals surface area contributed by atoms with Gasteiger partial charge in [-0.25, -0.2) is 4.79 Å². The summed E-state index contributed by atoms with van der Waals surface area (Å²) in [4.78, 5) is 15.5. The Morgan fingerprint density at radius 1 is 0.920 bits per heavy atom. The Bertz CT molecular complexity index is 480. The van der Waals surface area contributed by atoms with Crippen LogP contribution < -0.4 is 0 Å². The predicted molar refractivity (Wildman–Crippen MR) is 100 cm³/mol. The molecule has 2 unspecified atom stereocenters. The Morgan fingerprint density at radius 3 is 2.12 bits per heavy atom.